The van der Waals surface area contributed by atoms with E-state index in [9.17, 15) is 19.5 Å². The van der Waals surface area contributed by atoms with E-state index in [0.717, 1.165) is 24.0 Å². The lowest BCUT2D eigenvalue weighted by Crippen LogP contribution is -2.63. The molecule has 2 aromatic rings. The Labute approximate surface area is 246 Å². The predicted molar refractivity (Wildman–Crippen MR) is 158 cm³/mol. The molecular formula is C31H39ClN4O5. The minimum atomic E-state index is -1.58. The molecule has 41 heavy (non-hydrogen) atoms. The second-order valence-electron chi connectivity index (χ2n) is 11.2. The number of carbonyl (C=O) groups is 3. The third kappa shape index (κ3) is 8.31. The van der Waals surface area contributed by atoms with E-state index in [2.05, 4.69) is 16.0 Å². The van der Waals surface area contributed by atoms with Crippen molar-refractivity contribution < 1.29 is 24.2 Å². The molecule has 1 fully saturated rings. The van der Waals surface area contributed by atoms with Gasteiger partial charge < -0.3 is 30.7 Å². The number of likely N-dealkylation sites (N-methyl/N-ethyl adjacent to an activating group) is 1. The number of benzene rings is 2. The number of ether oxygens (including phenoxy) is 1. The molecule has 9 nitrogen and oxygen atoms in total. The summed E-state index contributed by atoms with van der Waals surface area (Å²) in [7, 11) is 1.52. The van der Waals surface area contributed by atoms with Crippen LogP contribution >= 0.6 is 11.6 Å². The Hall–Kier alpha value is -3.40. The molecule has 3 atom stereocenters. The van der Waals surface area contributed by atoms with Crippen molar-refractivity contribution in [3.63, 3.8) is 0 Å². The third-order valence-electron chi connectivity index (χ3n) is 7.33. The lowest BCUT2D eigenvalue weighted by molar-refractivity contribution is -0.150. The van der Waals surface area contributed by atoms with Gasteiger partial charge in [0.25, 0.3) is 0 Å². The Morgan fingerprint density at radius 3 is 2.44 bits per heavy atom. The van der Waals surface area contributed by atoms with Crippen molar-refractivity contribution in [1.82, 2.24) is 20.9 Å². The van der Waals surface area contributed by atoms with Crippen LogP contribution in [0.4, 0.5) is 0 Å². The van der Waals surface area contributed by atoms with Gasteiger partial charge in [-0.1, -0.05) is 54.1 Å². The van der Waals surface area contributed by atoms with E-state index < -0.39 is 35.5 Å². The molecule has 1 aliphatic carbocycles. The average molecular weight is 583 g/mol. The van der Waals surface area contributed by atoms with Gasteiger partial charge in [0.1, 0.15) is 24.4 Å². The lowest BCUT2D eigenvalue weighted by atomic mass is 9.94. The van der Waals surface area contributed by atoms with Crippen LogP contribution in [0.1, 0.15) is 37.8 Å². The zero-order valence-electron chi connectivity index (χ0n) is 23.7. The first kappa shape index (κ1) is 30.6. The monoisotopic (exact) mass is 582 g/mol. The van der Waals surface area contributed by atoms with Gasteiger partial charge in [0.05, 0.1) is 11.6 Å². The molecule has 10 heteroatoms. The average Bonchev–Trinajstić information content (AvgIpc) is 3.76. The second-order valence-corrected chi connectivity index (χ2v) is 11.6. The molecule has 2 aromatic carbocycles. The van der Waals surface area contributed by atoms with Gasteiger partial charge in [0.15, 0.2) is 0 Å². The van der Waals surface area contributed by atoms with Gasteiger partial charge in [-0.25, -0.2) is 0 Å². The van der Waals surface area contributed by atoms with E-state index in [-0.39, 0.29) is 24.8 Å². The quantitative estimate of drug-likeness (QED) is 0.440. The zero-order chi connectivity index (χ0) is 29.6. The Bertz CT molecular complexity index is 1260. The van der Waals surface area contributed by atoms with Gasteiger partial charge in [-0.05, 0) is 56.4 Å². The summed E-state index contributed by atoms with van der Waals surface area (Å²) in [5, 5.41) is 20.6. The predicted octanol–water partition coefficient (Wildman–Crippen LogP) is 2.56. The van der Waals surface area contributed by atoms with Crippen LogP contribution < -0.4 is 20.7 Å². The van der Waals surface area contributed by atoms with Crippen molar-refractivity contribution in [2.24, 2.45) is 5.92 Å². The molecule has 0 unspecified atom stereocenters. The van der Waals surface area contributed by atoms with Crippen LogP contribution in [0.5, 0.6) is 5.75 Å². The number of fused-ring (bicyclic) bond motifs is 1. The van der Waals surface area contributed by atoms with E-state index >= 15 is 0 Å². The summed E-state index contributed by atoms with van der Waals surface area (Å²) < 4.78 is 6.01. The van der Waals surface area contributed by atoms with Crippen molar-refractivity contribution in [1.29, 1.82) is 0 Å². The van der Waals surface area contributed by atoms with E-state index in [0.29, 0.717) is 23.9 Å². The molecule has 2 aliphatic rings. The molecule has 0 spiro atoms. The van der Waals surface area contributed by atoms with Gasteiger partial charge >= 0.3 is 0 Å². The van der Waals surface area contributed by atoms with Gasteiger partial charge in [0.2, 0.25) is 17.7 Å². The SMILES string of the molecule is CN1C(=O)[C@H](C2CC2)NCCOc2ccccc2C=CCNC(=O)[C@@H](Cc2ccc(Cl)cc2)NC(=O)[C@@H]1C(C)(C)O. The van der Waals surface area contributed by atoms with Crippen molar-refractivity contribution in [3.05, 3.63) is 70.8 Å². The summed E-state index contributed by atoms with van der Waals surface area (Å²) in [5.74, 6) is -0.479. The number of hydrogen-bond donors (Lipinski definition) is 4. The first-order valence-electron chi connectivity index (χ1n) is 14.0. The summed E-state index contributed by atoms with van der Waals surface area (Å²) in [5.41, 5.74) is 0.0672. The maximum Gasteiger partial charge on any atom is 0.246 e. The summed E-state index contributed by atoms with van der Waals surface area (Å²) in [6.45, 7) is 3.95. The Morgan fingerprint density at radius 2 is 1.76 bits per heavy atom. The number of carbonyl (C=O) groups excluding carboxylic acids is 3. The smallest absolute Gasteiger partial charge is 0.246 e. The van der Waals surface area contributed by atoms with E-state index in [1.165, 1.54) is 25.8 Å². The lowest BCUT2D eigenvalue weighted by Gasteiger charge is -2.38. The molecular weight excluding hydrogens is 544 g/mol. The fraction of sp³-hybridized carbons (Fsp3) is 0.452. The van der Waals surface area contributed by atoms with Gasteiger partial charge in [-0.15, -0.1) is 0 Å². The molecule has 1 aliphatic heterocycles. The molecule has 0 radical (unpaired) electrons. The minimum Gasteiger partial charge on any atom is -0.492 e. The molecule has 1 heterocycles. The fourth-order valence-electron chi connectivity index (χ4n) is 5.11. The van der Waals surface area contributed by atoms with Crippen molar-refractivity contribution in [2.45, 2.75) is 56.8 Å². The number of para-hydroxylation sites is 1. The number of hydrogen-bond acceptors (Lipinski definition) is 6. The maximum absolute atomic E-state index is 13.7. The largest absolute Gasteiger partial charge is 0.492 e. The van der Waals surface area contributed by atoms with E-state index in [1.54, 1.807) is 24.3 Å². The molecule has 4 N–H and O–H groups in total. The summed E-state index contributed by atoms with van der Waals surface area (Å²) in [4.78, 5) is 42.1. The summed E-state index contributed by atoms with van der Waals surface area (Å²) >= 11 is 6.04. The molecule has 1 saturated carbocycles. The molecule has 4 rings (SSSR count). The number of nitrogens with one attached hydrogen (secondary N) is 3. The normalized spacial score (nSPS) is 23.5. The Kier molecular flexibility index (Phi) is 10.1. The maximum atomic E-state index is 13.7. The van der Waals surface area contributed by atoms with Crippen LogP contribution in [0.2, 0.25) is 5.02 Å². The first-order valence-corrected chi connectivity index (χ1v) is 14.4. The second kappa shape index (κ2) is 13.5. The number of halogens is 1. The van der Waals surface area contributed by atoms with Crippen molar-refractivity contribution >= 4 is 35.4 Å². The third-order valence-corrected chi connectivity index (χ3v) is 7.58. The van der Waals surface area contributed by atoms with Gasteiger partial charge in [-0.2, -0.15) is 0 Å². The molecule has 0 saturated heterocycles. The van der Waals surface area contributed by atoms with Crippen LogP contribution in [0, 0.1) is 5.92 Å². The highest BCUT2D eigenvalue weighted by molar-refractivity contribution is 6.30. The molecule has 0 bridgehead atoms. The Balaban J connectivity index is 1.65. The summed E-state index contributed by atoms with van der Waals surface area (Å²) in [6.07, 6.45) is 5.67. The molecule has 3 amide bonds. The first-order chi connectivity index (χ1) is 19.5. The zero-order valence-corrected chi connectivity index (χ0v) is 24.5. The van der Waals surface area contributed by atoms with Crippen LogP contribution in [-0.2, 0) is 20.8 Å². The van der Waals surface area contributed by atoms with Crippen molar-refractivity contribution in [3.8, 4) is 5.75 Å². The van der Waals surface area contributed by atoms with Crippen LogP contribution in [0.25, 0.3) is 6.08 Å². The van der Waals surface area contributed by atoms with E-state index in [4.69, 9.17) is 16.3 Å². The highest BCUT2D eigenvalue weighted by Crippen LogP contribution is 2.34. The minimum absolute atomic E-state index is 0.139. The number of aliphatic hydroxyl groups is 1. The van der Waals surface area contributed by atoms with Gasteiger partial charge in [-0.3, -0.25) is 14.4 Å². The standard InChI is InChI=1S/C31H39ClN4O5/c1-31(2,40)27-29(38)35-24(19-20-10-14-23(32)15-11-20)28(37)34-16-6-8-21-7-4-5-9-25(21)41-18-17-33-26(22-12-13-22)30(39)36(27)3/h4-11,14-15,22,24,26-27,33,40H,12-13,16-19H2,1-3H3,(H,34,37)(H,35,38)/t24-,26+,27-/m1/s1. The van der Waals surface area contributed by atoms with Gasteiger partial charge in [0, 0.05) is 37.1 Å². The Morgan fingerprint density at radius 1 is 1.05 bits per heavy atom. The molecule has 0 aromatic heterocycles. The number of rotatable bonds is 4. The highest BCUT2D eigenvalue weighted by Gasteiger charge is 2.45. The number of amides is 3. The van der Waals surface area contributed by atoms with Crippen LogP contribution in [-0.4, -0.2) is 78.2 Å². The highest BCUT2D eigenvalue weighted by atomic mass is 35.5. The molecule has 220 valence electrons. The van der Waals surface area contributed by atoms with Crippen LogP contribution in [0.15, 0.2) is 54.6 Å². The number of nitrogens with zero attached hydrogens (tertiary/aromatic N) is 1. The van der Waals surface area contributed by atoms with Crippen molar-refractivity contribution in [2.75, 3.05) is 26.7 Å². The topological polar surface area (TPSA) is 120 Å². The summed E-state index contributed by atoms with van der Waals surface area (Å²) in [6, 6.07) is 11.9. The van der Waals surface area contributed by atoms with Crippen LogP contribution in [0.3, 0.4) is 0 Å². The fourth-order valence-corrected chi connectivity index (χ4v) is 5.24. The van der Waals surface area contributed by atoms with E-state index in [1.807, 2.05) is 36.4 Å².